The quantitative estimate of drug-likeness (QED) is 0.188. The Morgan fingerprint density at radius 3 is 0.868 bits per heavy atom. The Morgan fingerprint density at radius 2 is 0.618 bits per heavy atom. The van der Waals surface area contributed by atoms with Gasteiger partial charge >= 0.3 is 23.9 Å². The molecule has 0 aliphatic carbocycles. The van der Waals surface area contributed by atoms with Gasteiger partial charge in [-0.3, -0.25) is 19.2 Å². The molecule has 16 heteroatoms. The normalized spacial score (nSPS) is 25.2. The summed E-state index contributed by atoms with van der Waals surface area (Å²) in [5.74, 6) is -7.13. The lowest BCUT2D eigenvalue weighted by Crippen LogP contribution is -2.55. The first-order valence-corrected chi connectivity index (χ1v) is 23.8. The Labute approximate surface area is 403 Å². The van der Waals surface area contributed by atoms with Crippen LogP contribution in [0.25, 0.3) is 0 Å². The Morgan fingerprint density at radius 1 is 0.382 bits per heavy atom. The molecular formula is C52H76N4O12. The molecule has 1 heterocycles. The van der Waals surface area contributed by atoms with Crippen molar-refractivity contribution in [3.8, 4) is 0 Å². The highest BCUT2D eigenvalue weighted by Crippen LogP contribution is 2.24. The number of benzene rings is 2. The van der Waals surface area contributed by atoms with Gasteiger partial charge in [0.1, 0.15) is 24.2 Å². The summed E-state index contributed by atoms with van der Waals surface area (Å²) in [7, 11) is 5.56. The molecule has 3 rings (SSSR count). The molecule has 6 unspecified atom stereocenters. The predicted molar refractivity (Wildman–Crippen MR) is 255 cm³/mol. The Hall–Kier alpha value is -5.80. The van der Waals surface area contributed by atoms with Crippen molar-refractivity contribution in [2.75, 3.05) is 28.2 Å². The summed E-state index contributed by atoms with van der Waals surface area (Å²) in [4.78, 5) is 119. The van der Waals surface area contributed by atoms with Crippen molar-refractivity contribution >= 4 is 47.5 Å². The molecule has 68 heavy (non-hydrogen) atoms. The van der Waals surface area contributed by atoms with E-state index >= 15 is 0 Å². The van der Waals surface area contributed by atoms with Gasteiger partial charge in [0.05, 0.1) is 0 Å². The number of esters is 4. The molecule has 0 saturated carbocycles. The van der Waals surface area contributed by atoms with E-state index in [4.69, 9.17) is 18.9 Å². The summed E-state index contributed by atoms with van der Waals surface area (Å²) < 4.78 is 23.8. The van der Waals surface area contributed by atoms with E-state index in [1.54, 1.807) is 60.7 Å². The van der Waals surface area contributed by atoms with Crippen LogP contribution in [0.4, 0.5) is 0 Å². The fourth-order valence-electron chi connectivity index (χ4n) is 8.14. The van der Waals surface area contributed by atoms with Crippen LogP contribution < -0.4 is 0 Å². The second-order valence-electron chi connectivity index (χ2n) is 19.8. The third kappa shape index (κ3) is 16.2. The van der Waals surface area contributed by atoms with Crippen LogP contribution in [-0.2, 0) is 70.1 Å². The van der Waals surface area contributed by atoms with Gasteiger partial charge in [0.25, 0.3) is 23.6 Å². The van der Waals surface area contributed by atoms with E-state index in [1.807, 2.05) is 55.4 Å². The highest BCUT2D eigenvalue weighted by atomic mass is 16.6. The van der Waals surface area contributed by atoms with Crippen molar-refractivity contribution < 1.29 is 57.3 Å². The molecule has 2 aromatic carbocycles. The van der Waals surface area contributed by atoms with Gasteiger partial charge in [0, 0.05) is 41.0 Å². The largest absolute Gasteiger partial charge is 0.451 e. The topological polar surface area (TPSA) is 186 Å². The monoisotopic (exact) mass is 949 g/mol. The minimum atomic E-state index is -1.47. The first kappa shape index (κ1) is 56.5. The number of nitrogens with zero attached hydrogens (tertiary/aromatic N) is 4. The van der Waals surface area contributed by atoms with Crippen LogP contribution in [0.3, 0.4) is 0 Å². The number of likely N-dealkylation sites (N-methyl/N-ethyl adjacent to an activating group) is 4. The molecule has 0 aromatic heterocycles. The lowest BCUT2D eigenvalue weighted by molar-refractivity contribution is -0.176. The summed E-state index contributed by atoms with van der Waals surface area (Å²) in [6.45, 7) is 17.5. The summed E-state index contributed by atoms with van der Waals surface area (Å²) in [6, 6.07) is 12.7. The molecule has 16 nitrogen and oxygen atoms in total. The number of hydrogen-bond acceptors (Lipinski definition) is 12. The van der Waals surface area contributed by atoms with Crippen LogP contribution in [0.2, 0.25) is 0 Å². The highest BCUT2D eigenvalue weighted by molar-refractivity contribution is 5.94. The van der Waals surface area contributed by atoms with Crippen molar-refractivity contribution in [1.82, 2.24) is 19.6 Å². The number of amides is 4. The zero-order valence-electron chi connectivity index (χ0n) is 42.6. The molecule has 0 spiro atoms. The van der Waals surface area contributed by atoms with E-state index in [0.29, 0.717) is 11.1 Å². The lowest BCUT2D eigenvalue weighted by Gasteiger charge is -2.35. The molecule has 376 valence electrons. The third-order valence-corrected chi connectivity index (χ3v) is 12.0. The van der Waals surface area contributed by atoms with E-state index in [1.165, 1.54) is 42.0 Å². The van der Waals surface area contributed by atoms with Crippen LogP contribution in [0.1, 0.15) is 106 Å². The molecule has 8 atom stereocenters. The minimum Gasteiger partial charge on any atom is -0.451 e. The summed E-state index contributed by atoms with van der Waals surface area (Å²) in [5, 5.41) is 0. The van der Waals surface area contributed by atoms with Crippen molar-refractivity contribution in [3.63, 3.8) is 0 Å². The van der Waals surface area contributed by atoms with E-state index < -0.39 is 96.1 Å². The maximum absolute atomic E-state index is 14.6. The van der Waals surface area contributed by atoms with Crippen molar-refractivity contribution in [1.29, 1.82) is 0 Å². The van der Waals surface area contributed by atoms with E-state index in [2.05, 4.69) is 0 Å². The maximum Gasteiger partial charge on any atom is 0.329 e. The number of cyclic esters (lactones) is 4. The molecule has 1 aliphatic heterocycles. The number of hydrogen-bond donors (Lipinski definition) is 0. The Balaban J connectivity index is 2.25. The van der Waals surface area contributed by atoms with E-state index in [0.717, 1.165) is 19.6 Å². The first-order chi connectivity index (χ1) is 31.8. The first-order valence-electron chi connectivity index (χ1n) is 23.8. The molecule has 4 amide bonds. The average Bonchev–Trinajstić information content (AvgIpc) is 3.28. The molecular weight excluding hydrogens is 873 g/mol. The fourth-order valence-corrected chi connectivity index (χ4v) is 8.14. The fraction of sp³-hybridized carbons (Fsp3) is 0.615. The number of ether oxygens (including phenoxy) is 4. The molecule has 0 N–H and O–H groups in total. The van der Waals surface area contributed by atoms with E-state index in [-0.39, 0.29) is 62.2 Å². The third-order valence-electron chi connectivity index (χ3n) is 12.0. The highest BCUT2D eigenvalue weighted by Gasteiger charge is 2.43. The average molecular weight is 949 g/mol. The van der Waals surface area contributed by atoms with Gasteiger partial charge in [-0.25, -0.2) is 19.2 Å². The van der Waals surface area contributed by atoms with Gasteiger partial charge in [0.2, 0.25) is 0 Å². The van der Waals surface area contributed by atoms with Crippen molar-refractivity contribution in [3.05, 3.63) is 71.8 Å². The van der Waals surface area contributed by atoms with Gasteiger partial charge in [0.15, 0.2) is 24.4 Å². The van der Waals surface area contributed by atoms with Crippen LogP contribution in [-0.4, -0.2) is 144 Å². The zero-order valence-corrected chi connectivity index (χ0v) is 42.6. The lowest BCUT2D eigenvalue weighted by atomic mass is 10.00. The molecule has 1 saturated heterocycles. The smallest absolute Gasteiger partial charge is 0.329 e. The zero-order chi connectivity index (χ0) is 51.2. The Kier molecular flexibility index (Phi) is 21.7. The van der Waals surface area contributed by atoms with Gasteiger partial charge in [-0.2, -0.15) is 0 Å². The molecule has 0 bridgehead atoms. The molecule has 1 fully saturated rings. The minimum absolute atomic E-state index is 0.0814. The van der Waals surface area contributed by atoms with Gasteiger partial charge in [-0.1, -0.05) is 116 Å². The Bertz CT molecular complexity index is 1870. The standard InChI is InChI=1S/C52H76N4O12/c1-31(2)25-39-49(61)65-35(9)45(57)53(11)42(28-34(7)8)52(64)68-44(30-38-23-19-16-20-24-38)48(60)56(14)40(26-32(3)4)50(62)66-36(10)46(58)54(12)41(27-33(5)6)51(63)67-43(47(59)55(39)13)29-37-21-17-15-18-22-37/h15-24,31-36,39-44H,25-30H2,1-14H3/t35-,36?,39?,40?,41?,42?,43?,44-/m1/s1. The second-order valence-corrected chi connectivity index (χ2v) is 19.8. The number of carbonyl (C=O) groups is 8. The number of carbonyl (C=O) groups excluding carboxylic acids is 8. The van der Waals surface area contributed by atoms with Crippen molar-refractivity contribution in [2.45, 2.75) is 156 Å². The van der Waals surface area contributed by atoms with Crippen LogP contribution >= 0.6 is 0 Å². The van der Waals surface area contributed by atoms with Gasteiger partial charge in [-0.15, -0.1) is 0 Å². The molecule has 0 radical (unpaired) electrons. The van der Waals surface area contributed by atoms with Crippen molar-refractivity contribution in [2.24, 2.45) is 23.7 Å². The van der Waals surface area contributed by atoms with E-state index in [9.17, 15) is 38.4 Å². The number of rotatable bonds is 12. The maximum atomic E-state index is 14.6. The van der Waals surface area contributed by atoms with Gasteiger partial charge in [-0.05, 0) is 74.3 Å². The second kappa shape index (κ2) is 26.1. The molecule has 1 aliphatic rings. The summed E-state index contributed by atoms with van der Waals surface area (Å²) in [5.41, 5.74) is 1.30. The summed E-state index contributed by atoms with van der Waals surface area (Å²) in [6.07, 6.45) is -5.56. The van der Waals surface area contributed by atoms with Crippen LogP contribution in [0.5, 0.6) is 0 Å². The summed E-state index contributed by atoms with van der Waals surface area (Å²) >= 11 is 0. The van der Waals surface area contributed by atoms with Gasteiger partial charge < -0.3 is 38.5 Å². The SMILES string of the molecule is CC(C)CC1C(=O)OC(Cc2ccccc2)C(=O)N(C)C(CC(C)C)C(=O)O[C@H](C)C(=O)N(C)C(CC(C)C)C(=O)O[C@H](Cc2ccccc2)C(=O)N(C)C(CC(C)C)C(=O)OC(C)C(=O)N1C. The molecule has 2 aromatic rings. The predicted octanol–water partition coefficient (Wildman–Crippen LogP) is 5.66. The van der Waals surface area contributed by atoms with Crippen LogP contribution in [0, 0.1) is 23.7 Å². The van der Waals surface area contributed by atoms with Crippen LogP contribution in [0.15, 0.2) is 60.7 Å².